The minimum Gasteiger partial charge on any atom is -0.481 e. The Balaban J connectivity index is 0. The zero-order chi connectivity index (χ0) is 17.1. The van der Waals surface area contributed by atoms with Gasteiger partial charge >= 0.3 is 12.1 Å². The van der Waals surface area contributed by atoms with Crippen LogP contribution in [0.4, 0.5) is 4.79 Å². The van der Waals surface area contributed by atoms with Crippen molar-refractivity contribution in [3.63, 3.8) is 0 Å². The standard InChI is InChI=1S/C10H17NO4.C3H9N.C2H6/c1-10(2,3)15-9(14)11-5-4-7(6-11)8(12)13;1-3-4-2;1-2/h7H,4-6H2,1-3H3,(H,12,13);4H,3H2,1-2H3;1-2H3. The molecule has 1 amide bonds. The van der Waals surface area contributed by atoms with Gasteiger partial charge in [0.05, 0.1) is 5.92 Å². The Labute approximate surface area is 128 Å². The van der Waals surface area contributed by atoms with Crippen LogP contribution >= 0.6 is 0 Å². The Bertz CT molecular complexity index is 299. The Morgan fingerprint density at radius 2 is 1.81 bits per heavy atom. The average Bonchev–Trinajstić information content (AvgIpc) is 2.89. The summed E-state index contributed by atoms with van der Waals surface area (Å²) >= 11 is 0. The van der Waals surface area contributed by atoms with Crippen molar-refractivity contribution in [2.75, 3.05) is 26.7 Å². The topological polar surface area (TPSA) is 78.9 Å². The van der Waals surface area contributed by atoms with E-state index in [4.69, 9.17) is 9.84 Å². The molecule has 6 nitrogen and oxygen atoms in total. The summed E-state index contributed by atoms with van der Waals surface area (Å²) in [6, 6.07) is 0. The number of rotatable bonds is 2. The van der Waals surface area contributed by atoms with Gasteiger partial charge in [0, 0.05) is 13.1 Å². The summed E-state index contributed by atoms with van der Waals surface area (Å²) in [5.74, 6) is -1.29. The predicted octanol–water partition coefficient (Wildman–Crippen LogP) is 2.58. The lowest BCUT2D eigenvalue weighted by molar-refractivity contribution is -0.141. The fourth-order valence-electron chi connectivity index (χ4n) is 1.45. The van der Waals surface area contributed by atoms with Crippen LogP contribution in [0.3, 0.4) is 0 Å². The molecule has 0 bridgehead atoms. The molecule has 1 saturated heterocycles. The van der Waals surface area contributed by atoms with E-state index in [0.717, 1.165) is 6.54 Å². The number of nitrogens with zero attached hydrogens (tertiary/aromatic N) is 1. The molecule has 126 valence electrons. The first-order valence-corrected chi connectivity index (χ1v) is 7.56. The zero-order valence-corrected chi connectivity index (χ0v) is 14.5. The maximum absolute atomic E-state index is 11.5. The van der Waals surface area contributed by atoms with Gasteiger partial charge in [0.15, 0.2) is 0 Å². The van der Waals surface area contributed by atoms with Crippen molar-refractivity contribution in [3.05, 3.63) is 0 Å². The predicted molar refractivity (Wildman–Crippen MR) is 84.5 cm³/mol. The van der Waals surface area contributed by atoms with Gasteiger partial charge in [-0.25, -0.2) is 4.79 Å². The molecule has 21 heavy (non-hydrogen) atoms. The molecule has 1 unspecified atom stereocenters. The molecule has 1 aliphatic heterocycles. The quantitative estimate of drug-likeness (QED) is 0.819. The summed E-state index contributed by atoms with van der Waals surface area (Å²) in [7, 11) is 1.93. The van der Waals surface area contributed by atoms with Gasteiger partial charge in [0.25, 0.3) is 0 Å². The van der Waals surface area contributed by atoms with E-state index in [9.17, 15) is 9.59 Å². The van der Waals surface area contributed by atoms with E-state index in [0.29, 0.717) is 13.0 Å². The number of nitrogens with one attached hydrogen (secondary N) is 1. The van der Waals surface area contributed by atoms with Crippen LogP contribution in [-0.2, 0) is 9.53 Å². The number of aliphatic carboxylic acids is 1. The van der Waals surface area contributed by atoms with Crippen molar-refractivity contribution < 1.29 is 19.4 Å². The first-order chi connectivity index (χ1) is 9.71. The smallest absolute Gasteiger partial charge is 0.410 e. The Hall–Kier alpha value is -1.30. The lowest BCUT2D eigenvalue weighted by Gasteiger charge is -2.24. The van der Waals surface area contributed by atoms with Crippen LogP contribution in [0.25, 0.3) is 0 Å². The number of carboxylic acids is 1. The number of ether oxygens (including phenoxy) is 1. The first kappa shape index (κ1) is 22.0. The van der Waals surface area contributed by atoms with E-state index in [1.807, 2.05) is 20.9 Å². The number of amides is 1. The highest BCUT2D eigenvalue weighted by molar-refractivity contribution is 5.74. The molecular weight excluding hydrogens is 272 g/mol. The Morgan fingerprint density at radius 3 is 2.10 bits per heavy atom. The number of hydrogen-bond acceptors (Lipinski definition) is 4. The third kappa shape index (κ3) is 11.1. The van der Waals surface area contributed by atoms with Crippen molar-refractivity contribution >= 4 is 12.1 Å². The Kier molecular flexibility index (Phi) is 11.9. The minimum absolute atomic E-state index is 0.254. The van der Waals surface area contributed by atoms with E-state index in [1.165, 1.54) is 4.90 Å². The number of likely N-dealkylation sites (tertiary alicyclic amines) is 1. The van der Waals surface area contributed by atoms with Gasteiger partial charge in [-0.3, -0.25) is 4.79 Å². The van der Waals surface area contributed by atoms with Crippen LogP contribution in [0.2, 0.25) is 0 Å². The molecule has 0 aromatic carbocycles. The van der Waals surface area contributed by atoms with Crippen LogP contribution in [0.1, 0.15) is 48.0 Å². The molecule has 6 heteroatoms. The summed E-state index contributed by atoms with van der Waals surface area (Å²) in [6.07, 6.45) is 0.0837. The number of carbonyl (C=O) groups excluding carboxylic acids is 1. The third-order valence-corrected chi connectivity index (χ3v) is 2.54. The van der Waals surface area contributed by atoms with Crippen LogP contribution in [-0.4, -0.2) is 54.4 Å². The second-order valence-corrected chi connectivity index (χ2v) is 5.46. The molecule has 1 fully saturated rings. The van der Waals surface area contributed by atoms with E-state index in [-0.39, 0.29) is 6.54 Å². The van der Waals surface area contributed by atoms with Crippen molar-refractivity contribution in [1.82, 2.24) is 10.2 Å². The average molecular weight is 304 g/mol. The normalized spacial score (nSPS) is 17.1. The van der Waals surface area contributed by atoms with Gasteiger partial charge in [0.1, 0.15) is 5.60 Å². The van der Waals surface area contributed by atoms with Gasteiger partial charge in [-0.1, -0.05) is 20.8 Å². The monoisotopic (exact) mass is 304 g/mol. The van der Waals surface area contributed by atoms with Crippen LogP contribution in [0.5, 0.6) is 0 Å². The van der Waals surface area contributed by atoms with Gasteiger partial charge in [-0.2, -0.15) is 0 Å². The van der Waals surface area contributed by atoms with Crippen molar-refractivity contribution in [2.24, 2.45) is 5.92 Å². The van der Waals surface area contributed by atoms with Crippen molar-refractivity contribution in [1.29, 1.82) is 0 Å². The molecule has 0 aromatic heterocycles. The van der Waals surface area contributed by atoms with Gasteiger partial charge < -0.3 is 20.1 Å². The summed E-state index contributed by atoms with van der Waals surface area (Å²) < 4.78 is 5.14. The fraction of sp³-hybridized carbons (Fsp3) is 0.867. The van der Waals surface area contributed by atoms with Gasteiger partial charge in [0.2, 0.25) is 0 Å². The van der Waals surface area contributed by atoms with Crippen molar-refractivity contribution in [2.45, 2.75) is 53.6 Å². The third-order valence-electron chi connectivity index (χ3n) is 2.54. The number of carboxylic acid groups (broad SMARTS) is 1. The molecule has 1 heterocycles. The fourth-order valence-corrected chi connectivity index (χ4v) is 1.45. The summed E-state index contributed by atoms with van der Waals surface area (Å²) in [4.78, 5) is 23.7. The highest BCUT2D eigenvalue weighted by Crippen LogP contribution is 2.19. The summed E-state index contributed by atoms with van der Waals surface area (Å²) in [6.45, 7) is 13.2. The van der Waals surface area contributed by atoms with Gasteiger partial charge in [-0.05, 0) is 40.8 Å². The van der Waals surface area contributed by atoms with E-state index < -0.39 is 23.6 Å². The molecule has 1 atom stereocenters. The lowest BCUT2D eigenvalue weighted by Crippen LogP contribution is -2.35. The maximum atomic E-state index is 11.5. The summed E-state index contributed by atoms with van der Waals surface area (Å²) in [5.41, 5.74) is -0.529. The van der Waals surface area contributed by atoms with Crippen LogP contribution < -0.4 is 5.32 Å². The Morgan fingerprint density at radius 1 is 1.33 bits per heavy atom. The SMILES string of the molecule is CC.CC(C)(C)OC(=O)N1CCC(C(=O)O)C1.CCNC. The lowest BCUT2D eigenvalue weighted by atomic mass is 10.1. The molecule has 1 rings (SSSR count). The minimum atomic E-state index is -0.846. The molecular formula is C15H32N2O4. The molecule has 0 saturated carbocycles. The van der Waals surface area contributed by atoms with E-state index >= 15 is 0 Å². The largest absolute Gasteiger partial charge is 0.481 e. The molecule has 0 aromatic rings. The van der Waals surface area contributed by atoms with E-state index in [1.54, 1.807) is 20.8 Å². The summed E-state index contributed by atoms with van der Waals surface area (Å²) in [5, 5.41) is 11.7. The van der Waals surface area contributed by atoms with Gasteiger partial charge in [-0.15, -0.1) is 0 Å². The molecule has 0 aliphatic carbocycles. The van der Waals surface area contributed by atoms with Crippen molar-refractivity contribution in [3.8, 4) is 0 Å². The second kappa shape index (κ2) is 11.4. The number of hydrogen-bond donors (Lipinski definition) is 2. The van der Waals surface area contributed by atoms with E-state index in [2.05, 4.69) is 12.2 Å². The highest BCUT2D eigenvalue weighted by atomic mass is 16.6. The maximum Gasteiger partial charge on any atom is 0.410 e. The zero-order valence-electron chi connectivity index (χ0n) is 14.5. The van der Waals surface area contributed by atoms with Crippen LogP contribution in [0, 0.1) is 5.92 Å². The molecule has 1 aliphatic rings. The molecule has 0 radical (unpaired) electrons. The first-order valence-electron chi connectivity index (χ1n) is 7.56. The van der Waals surface area contributed by atoms with Crippen LogP contribution in [0.15, 0.2) is 0 Å². The second-order valence-electron chi connectivity index (χ2n) is 5.46. The highest BCUT2D eigenvalue weighted by Gasteiger charge is 2.33. The molecule has 2 N–H and O–H groups in total. The molecule has 0 spiro atoms. The number of carbonyl (C=O) groups is 2.